The molecule has 0 saturated heterocycles. The predicted octanol–water partition coefficient (Wildman–Crippen LogP) is 1.92. The molecule has 0 heterocycles. The number of hydrogen-bond donors (Lipinski definition) is 0. The van der Waals surface area contributed by atoms with Gasteiger partial charge in [0.1, 0.15) is 0 Å². The summed E-state index contributed by atoms with van der Waals surface area (Å²) in [5.74, 6) is 0. The summed E-state index contributed by atoms with van der Waals surface area (Å²) < 4.78 is 0. The topological polar surface area (TPSA) is 0 Å². The maximum absolute atomic E-state index is 3.16. The van der Waals surface area contributed by atoms with Gasteiger partial charge in [0, 0.05) is 17.1 Å². The third kappa shape index (κ3) is 2.90. The van der Waals surface area contributed by atoms with Gasteiger partial charge in [-0.25, -0.2) is 0 Å². The minimum Gasteiger partial charge on any atom is -0.501 e. The molecule has 0 bridgehead atoms. The zero-order chi connectivity index (χ0) is 4.24. The molecule has 7 heavy (non-hydrogen) atoms. The Morgan fingerprint density at radius 2 is 2.14 bits per heavy atom. The first-order valence-corrected chi connectivity index (χ1v) is 2.55. The van der Waals surface area contributed by atoms with E-state index in [2.05, 4.69) is 12.2 Å². The van der Waals surface area contributed by atoms with Crippen LogP contribution in [0.5, 0.6) is 0 Å². The predicted molar refractivity (Wildman–Crippen MR) is 26.3 cm³/mol. The molecule has 0 fully saturated rings. The quantitative estimate of drug-likeness (QED) is 0.352. The van der Waals surface area contributed by atoms with Gasteiger partial charge in [0.05, 0.1) is 0 Å². The van der Waals surface area contributed by atoms with Gasteiger partial charge in [-0.15, -0.1) is 0 Å². The zero-order valence-corrected chi connectivity index (χ0v) is 5.46. The van der Waals surface area contributed by atoms with Gasteiger partial charge >= 0.3 is 0 Å². The molecule has 0 atom stereocenters. The van der Waals surface area contributed by atoms with E-state index in [9.17, 15) is 0 Å². The Morgan fingerprint density at radius 3 is 2.29 bits per heavy atom. The average Bonchev–Trinajstić information content (AvgIpc) is 1.72. The first-order chi connectivity index (χ1) is 3.00. The molecule has 1 aliphatic rings. The third-order valence-electron chi connectivity index (χ3n) is 1.06. The van der Waals surface area contributed by atoms with Gasteiger partial charge in [0.2, 0.25) is 0 Å². The number of allylic oxidation sites excluding steroid dienone is 2. The van der Waals surface area contributed by atoms with Gasteiger partial charge in [0.25, 0.3) is 0 Å². The Morgan fingerprint density at radius 1 is 1.29 bits per heavy atom. The first kappa shape index (κ1) is 7.26. The second-order valence-corrected chi connectivity index (χ2v) is 1.65. The van der Waals surface area contributed by atoms with Crippen molar-refractivity contribution in [2.45, 2.75) is 25.7 Å². The van der Waals surface area contributed by atoms with Crippen molar-refractivity contribution in [2.75, 3.05) is 0 Å². The van der Waals surface area contributed by atoms with E-state index >= 15 is 0 Å². The Hall–Kier alpha value is 0.259. The van der Waals surface area contributed by atoms with Crippen molar-refractivity contribution >= 4 is 0 Å². The Labute approximate surface area is 55.5 Å². The summed E-state index contributed by atoms with van der Waals surface area (Å²) in [5.41, 5.74) is 0. The van der Waals surface area contributed by atoms with Crippen LogP contribution in [0.1, 0.15) is 25.7 Å². The van der Waals surface area contributed by atoms with E-state index in [1.54, 1.807) is 0 Å². The Bertz CT molecular complexity index is 49.2. The summed E-state index contributed by atoms with van der Waals surface area (Å²) in [5, 5.41) is 0. The van der Waals surface area contributed by atoms with Crippen molar-refractivity contribution < 1.29 is 17.1 Å². The standard InChI is InChI=1S/C6H9.Mn/c1-2-4-6-5-3-1;/h1H,2,4-6H2;/q-1;. The molecule has 0 aromatic heterocycles. The SMILES string of the molecule is [C-]1=CCCCC1.[Mn]. The van der Waals surface area contributed by atoms with E-state index in [4.69, 9.17) is 0 Å². The van der Waals surface area contributed by atoms with Gasteiger partial charge in [-0.2, -0.15) is 6.42 Å². The zero-order valence-electron chi connectivity index (χ0n) is 4.28. The average molecular weight is 136 g/mol. The minimum absolute atomic E-state index is 0. The van der Waals surface area contributed by atoms with Gasteiger partial charge in [0.15, 0.2) is 0 Å². The fourth-order valence-corrected chi connectivity index (χ4v) is 0.678. The smallest absolute Gasteiger partial charge is 0 e. The summed E-state index contributed by atoms with van der Waals surface area (Å²) in [6.45, 7) is 0. The first-order valence-electron chi connectivity index (χ1n) is 2.55. The van der Waals surface area contributed by atoms with Crippen molar-refractivity contribution in [1.82, 2.24) is 0 Å². The van der Waals surface area contributed by atoms with Crippen LogP contribution in [0, 0.1) is 6.08 Å². The molecule has 0 aliphatic heterocycles. The van der Waals surface area contributed by atoms with Crippen LogP contribution in [0.25, 0.3) is 0 Å². The number of rotatable bonds is 0. The van der Waals surface area contributed by atoms with Crippen LogP contribution in [0.2, 0.25) is 0 Å². The Balaban J connectivity index is 0.000000360. The largest absolute Gasteiger partial charge is 0.501 e. The molecule has 0 amide bonds. The van der Waals surface area contributed by atoms with Crippen molar-refractivity contribution in [3.8, 4) is 0 Å². The minimum atomic E-state index is 0. The van der Waals surface area contributed by atoms with Crippen LogP contribution < -0.4 is 0 Å². The van der Waals surface area contributed by atoms with E-state index in [1.165, 1.54) is 25.7 Å². The van der Waals surface area contributed by atoms with Crippen molar-refractivity contribution in [3.63, 3.8) is 0 Å². The molecule has 0 spiro atoms. The van der Waals surface area contributed by atoms with Crippen molar-refractivity contribution in [1.29, 1.82) is 0 Å². The fourth-order valence-electron chi connectivity index (χ4n) is 0.678. The maximum Gasteiger partial charge on any atom is 0 e. The summed E-state index contributed by atoms with van der Waals surface area (Å²) in [4.78, 5) is 0. The van der Waals surface area contributed by atoms with Gasteiger partial charge < -0.3 is 6.08 Å². The van der Waals surface area contributed by atoms with Crippen LogP contribution >= 0.6 is 0 Å². The summed E-state index contributed by atoms with van der Waals surface area (Å²) in [6, 6.07) is 0. The van der Waals surface area contributed by atoms with Gasteiger partial charge in [-0.05, 0) is 0 Å². The van der Waals surface area contributed by atoms with Crippen LogP contribution in [-0.4, -0.2) is 0 Å². The molecule has 1 aliphatic carbocycles. The van der Waals surface area contributed by atoms with Crippen molar-refractivity contribution in [2.24, 2.45) is 0 Å². The molecule has 1 radical (unpaired) electrons. The fraction of sp³-hybridized carbons (Fsp3) is 0.667. The van der Waals surface area contributed by atoms with E-state index < -0.39 is 0 Å². The molecule has 41 valence electrons. The normalized spacial score (nSPS) is 18.3. The Kier molecular flexibility index (Phi) is 4.58. The second-order valence-electron chi connectivity index (χ2n) is 1.65. The van der Waals surface area contributed by atoms with E-state index in [0.29, 0.717) is 0 Å². The van der Waals surface area contributed by atoms with Gasteiger partial charge in [-0.1, -0.05) is 19.3 Å². The molecule has 0 aromatic carbocycles. The molecule has 0 N–H and O–H groups in total. The summed E-state index contributed by atoms with van der Waals surface area (Å²) in [7, 11) is 0. The monoisotopic (exact) mass is 136 g/mol. The van der Waals surface area contributed by atoms with Crippen LogP contribution in [-0.2, 0) is 17.1 Å². The molecule has 0 aromatic rings. The van der Waals surface area contributed by atoms with Gasteiger partial charge in [-0.3, -0.25) is 6.08 Å². The molecular formula is C6H9Mn-. The maximum atomic E-state index is 3.16. The molecule has 1 heteroatoms. The number of hydrogen-bond acceptors (Lipinski definition) is 0. The second kappa shape index (κ2) is 4.42. The molecule has 0 unspecified atom stereocenters. The van der Waals surface area contributed by atoms with Crippen molar-refractivity contribution in [3.05, 3.63) is 12.2 Å². The molecule has 0 nitrogen and oxygen atoms in total. The summed E-state index contributed by atoms with van der Waals surface area (Å²) in [6.07, 6.45) is 10.5. The van der Waals surface area contributed by atoms with E-state index in [-0.39, 0.29) is 17.1 Å². The third-order valence-corrected chi connectivity index (χ3v) is 1.06. The van der Waals surface area contributed by atoms with E-state index in [0.717, 1.165) is 0 Å². The van der Waals surface area contributed by atoms with Crippen LogP contribution in [0.15, 0.2) is 6.08 Å². The molecular weight excluding hydrogens is 127 g/mol. The molecule has 0 saturated carbocycles. The molecule has 1 rings (SSSR count). The van der Waals surface area contributed by atoms with E-state index in [1.807, 2.05) is 0 Å². The van der Waals surface area contributed by atoms with Crippen LogP contribution in [0.4, 0.5) is 0 Å². The summed E-state index contributed by atoms with van der Waals surface area (Å²) >= 11 is 0. The van der Waals surface area contributed by atoms with Crippen LogP contribution in [0.3, 0.4) is 0 Å².